The lowest BCUT2D eigenvalue weighted by Gasteiger charge is -2.29. The van der Waals surface area contributed by atoms with Crippen LogP contribution in [0.25, 0.3) is 11.1 Å². The van der Waals surface area contributed by atoms with Gasteiger partial charge in [-0.1, -0.05) is 78.9 Å². The van der Waals surface area contributed by atoms with E-state index in [1.807, 2.05) is 48.5 Å². The van der Waals surface area contributed by atoms with E-state index in [0.717, 1.165) is 34.4 Å². The lowest BCUT2D eigenvalue weighted by Crippen LogP contribution is -2.52. The van der Waals surface area contributed by atoms with E-state index in [1.165, 1.54) is 10.5 Å². The number of fused-ring (bicyclic) bond motifs is 1. The average Bonchev–Trinajstić information content (AvgIpc) is 3.69. The lowest BCUT2D eigenvalue weighted by atomic mass is 9.88. The fourth-order valence-corrected chi connectivity index (χ4v) is 8.01. The maximum Gasteiger partial charge on any atom is 0.255 e. The molecule has 1 unspecified atom stereocenters. The number of ether oxygens (including phenoxy) is 6. The predicted molar refractivity (Wildman–Crippen MR) is 258 cm³/mol. The molecule has 0 bridgehead atoms. The zero-order chi connectivity index (χ0) is 47.9. The molecule has 0 spiro atoms. The third-order valence-corrected chi connectivity index (χ3v) is 11.6. The SMILES string of the molecule is CN(CCOc1ccc(/C(=C(/CCCl)c2ccccc2)c2ccccc2)cc1)C(=O)CCOCCOCCOCCOCCOCCC(=O)Nc1cccc2c1CN(C1CCC(=O)NC1=O)C2=O. The molecule has 2 aliphatic rings. The molecular weight excluding hydrogens is 892 g/mol. The average molecular weight is 954 g/mol. The number of benzene rings is 4. The Morgan fingerprint density at radius 2 is 1.25 bits per heavy atom. The van der Waals surface area contributed by atoms with Gasteiger partial charge in [0.2, 0.25) is 23.6 Å². The van der Waals surface area contributed by atoms with E-state index < -0.39 is 11.9 Å². The van der Waals surface area contributed by atoms with Crippen LogP contribution >= 0.6 is 11.6 Å². The Morgan fingerprint density at radius 3 is 1.85 bits per heavy atom. The van der Waals surface area contributed by atoms with E-state index in [4.69, 9.17) is 40.0 Å². The van der Waals surface area contributed by atoms with Crippen LogP contribution in [0.3, 0.4) is 0 Å². The largest absolute Gasteiger partial charge is 0.492 e. The number of carbonyl (C=O) groups excluding carboxylic acids is 5. The van der Waals surface area contributed by atoms with Crippen LogP contribution in [0.1, 0.15) is 64.7 Å². The molecule has 5 amide bonds. The van der Waals surface area contributed by atoms with Crippen molar-refractivity contribution in [2.24, 2.45) is 0 Å². The minimum atomic E-state index is -0.730. The summed E-state index contributed by atoms with van der Waals surface area (Å²) in [5.41, 5.74) is 7.22. The van der Waals surface area contributed by atoms with Crippen molar-refractivity contribution < 1.29 is 52.4 Å². The summed E-state index contributed by atoms with van der Waals surface area (Å²) in [4.78, 5) is 65.3. The molecule has 6 rings (SSSR count). The molecule has 16 heteroatoms. The molecule has 0 aliphatic carbocycles. The molecule has 1 fully saturated rings. The Morgan fingerprint density at radius 1 is 0.676 bits per heavy atom. The highest BCUT2D eigenvalue weighted by Gasteiger charge is 2.40. The molecule has 0 saturated carbocycles. The first kappa shape index (κ1) is 51.5. The minimum Gasteiger partial charge on any atom is -0.492 e. The van der Waals surface area contributed by atoms with Gasteiger partial charge < -0.3 is 43.5 Å². The Kier molecular flexibility index (Phi) is 21.0. The van der Waals surface area contributed by atoms with Crippen molar-refractivity contribution in [3.05, 3.63) is 131 Å². The number of hydrogen-bond acceptors (Lipinski definition) is 11. The summed E-state index contributed by atoms with van der Waals surface area (Å²) in [5, 5.41) is 5.14. The topological polar surface area (TPSA) is 171 Å². The van der Waals surface area contributed by atoms with Gasteiger partial charge in [-0.2, -0.15) is 0 Å². The molecule has 2 heterocycles. The number of halogens is 1. The fourth-order valence-electron chi connectivity index (χ4n) is 7.82. The number of carbonyl (C=O) groups is 5. The highest BCUT2D eigenvalue weighted by Crippen LogP contribution is 2.36. The van der Waals surface area contributed by atoms with Gasteiger partial charge in [-0.3, -0.25) is 29.3 Å². The number of likely N-dealkylation sites (N-methyl/N-ethyl adjacent to an activating group) is 1. The molecule has 1 atom stereocenters. The first-order valence-electron chi connectivity index (χ1n) is 23.1. The van der Waals surface area contributed by atoms with Gasteiger partial charge in [0.25, 0.3) is 5.91 Å². The molecule has 2 N–H and O–H groups in total. The molecule has 1 saturated heterocycles. The van der Waals surface area contributed by atoms with E-state index in [-0.39, 0.29) is 62.5 Å². The molecule has 0 aromatic heterocycles. The Balaban J connectivity index is 0.741. The van der Waals surface area contributed by atoms with Gasteiger partial charge >= 0.3 is 0 Å². The molecule has 2 aliphatic heterocycles. The summed E-state index contributed by atoms with van der Waals surface area (Å²) in [7, 11) is 1.76. The van der Waals surface area contributed by atoms with Crippen molar-refractivity contribution in [1.82, 2.24) is 15.1 Å². The summed E-state index contributed by atoms with van der Waals surface area (Å²) in [6.45, 7) is 4.38. The van der Waals surface area contributed by atoms with Gasteiger partial charge in [0.15, 0.2) is 0 Å². The first-order chi connectivity index (χ1) is 33.2. The van der Waals surface area contributed by atoms with E-state index in [1.54, 1.807) is 30.1 Å². The van der Waals surface area contributed by atoms with Crippen molar-refractivity contribution in [3.63, 3.8) is 0 Å². The third-order valence-electron chi connectivity index (χ3n) is 11.4. The number of hydrogen-bond donors (Lipinski definition) is 2. The molecule has 0 radical (unpaired) electrons. The monoisotopic (exact) mass is 952 g/mol. The molecule has 15 nitrogen and oxygen atoms in total. The van der Waals surface area contributed by atoms with Crippen LogP contribution in [0.15, 0.2) is 103 Å². The van der Waals surface area contributed by atoms with Crippen LogP contribution in [0.5, 0.6) is 5.75 Å². The van der Waals surface area contributed by atoms with Crippen LogP contribution in [-0.2, 0) is 49.4 Å². The van der Waals surface area contributed by atoms with Crippen LogP contribution in [0.4, 0.5) is 5.69 Å². The summed E-state index contributed by atoms with van der Waals surface area (Å²) >= 11 is 6.30. The van der Waals surface area contributed by atoms with E-state index in [2.05, 4.69) is 47.0 Å². The molecule has 4 aromatic carbocycles. The van der Waals surface area contributed by atoms with Gasteiger partial charge in [0.1, 0.15) is 18.4 Å². The van der Waals surface area contributed by atoms with Crippen molar-refractivity contribution >= 4 is 58.0 Å². The number of imide groups is 1. The Hall–Kier alpha value is -5.94. The van der Waals surface area contributed by atoms with Crippen LogP contribution in [-0.4, -0.2) is 138 Å². The van der Waals surface area contributed by atoms with Crippen LogP contribution < -0.4 is 15.4 Å². The zero-order valence-electron chi connectivity index (χ0n) is 38.6. The number of piperidine rings is 1. The summed E-state index contributed by atoms with van der Waals surface area (Å²) in [6.07, 6.45) is 1.52. The van der Waals surface area contributed by atoms with Crippen molar-refractivity contribution in [1.29, 1.82) is 0 Å². The standard InChI is InChI=1S/C52H61ClN4O11/c1-56(25-28-68-41-17-15-40(16-18-41)50(39-11-6-3-7-12-39)42(21-24-53)38-9-4-2-5-10-38)49(60)23-27-64-30-32-66-34-36-67-35-33-65-31-29-63-26-22-48(59)54-45-14-8-13-43-44(45)37-57(52(43)62)46-19-20-47(58)55-51(46)61/h2-18,46H,19-37H2,1H3,(H,54,59)(H,55,58,61)/b50-42-. The lowest BCUT2D eigenvalue weighted by molar-refractivity contribution is -0.137. The molecular formula is C52H61ClN4O11. The van der Waals surface area contributed by atoms with Gasteiger partial charge in [-0.05, 0) is 64.9 Å². The smallest absolute Gasteiger partial charge is 0.255 e. The maximum absolute atomic E-state index is 13.0. The normalized spacial score (nSPS) is 14.9. The predicted octanol–water partition coefficient (Wildman–Crippen LogP) is 6.37. The number of nitrogens with one attached hydrogen (secondary N) is 2. The van der Waals surface area contributed by atoms with E-state index >= 15 is 0 Å². The highest BCUT2D eigenvalue weighted by molar-refractivity contribution is 6.18. The van der Waals surface area contributed by atoms with Crippen molar-refractivity contribution in [3.8, 4) is 5.75 Å². The Labute approximate surface area is 403 Å². The quantitative estimate of drug-likeness (QED) is 0.0268. The second-order valence-corrected chi connectivity index (χ2v) is 16.4. The number of alkyl halides is 1. The fraction of sp³-hybridized carbons (Fsp3) is 0.404. The van der Waals surface area contributed by atoms with Gasteiger partial charge in [-0.15, -0.1) is 11.6 Å². The van der Waals surface area contributed by atoms with Crippen LogP contribution in [0, 0.1) is 0 Å². The van der Waals surface area contributed by atoms with Gasteiger partial charge in [0, 0.05) is 42.7 Å². The number of anilines is 1. The zero-order valence-corrected chi connectivity index (χ0v) is 39.3. The summed E-state index contributed by atoms with van der Waals surface area (Å²) in [5.74, 6) is -0.210. The molecule has 68 heavy (non-hydrogen) atoms. The van der Waals surface area contributed by atoms with E-state index in [9.17, 15) is 24.0 Å². The number of nitrogens with zero attached hydrogens (tertiary/aromatic N) is 2. The third kappa shape index (κ3) is 15.6. The first-order valence-corrected chi connectivity index (χ1v) is 23.6. The maximum atomic E-state index is 13.0. The van der Waals surface area contributed by atoms with Gasteiger partial charge in [-0.25, -0.2) is 0 Å². The molecule has 362 valence electrons. The second kappa shape index (κ2) is 27.8. The number of rotatable bonds is 29. The van der Waals surface area contributed by atoms with Crippen LogP contribution in [0.2, 0.25) is 0 Å². The highest BCUT2D eigenvalue weighted by atomic mass is 35.5. The summed E-state index contributed by atoms with van der Waals surface area (Å²) in [6, 6.07) is 33.1. The minimum absolute atomic E-state index is 0.0318. The van der Waals surface area contributed by atoms with Crippen molar-refractivity contribution in [2.75, 3.05) is 97.5 Å². The Bertz CT molecular complexity index is 2300. The molecule has 4 aromatic rings. The summed E-state index contributed by atoms with van der Waals surface area (Å²) < 4.78 is 33.8. The number of amides is 5. The second-order valence-electron chi connectivity index (χ2n) is 16.1. The van der Waals surface area contributed by atoms with Gasteiger partial charge in [0.05, 0.1) is 85.5 Å². The van der Waals surface area contributed by atoms with E-state index in [0.29, 0.717) is 95.3 Å². The number of allylic oxidation sites excluding steroid dienone is 1. The van der Waals surface area contributed by atoms with Crippen molar-refractivity contribution in [2.45, 2.75) is 44.7 Å².